The smallest absolute Gasteiger partial charge is 0.417 e. The molecule has 3 aromatic heterocycles. The molecule has 1 saturated carbocycles. The molecule has 0 aromatic carbocycles. The number of ether oxygens (including phenoxy) is 1. The highest BCUT2D eigenvalue weighted by Crippen LogP contribution is 2.52. The van der Waals surface area contributed by atoms with Crippen molar-refractivity contribution in [3.8, 4) is 17.3 Å². The molecule has 3 unspecified atom stereocenters. The highest BCUT2D eigenvalue weighted by Gasteiger charge is 2.51. The first-order chi connectivity index (χ1) is 17.2. The van der Waals surface area contributed by atoms with Crippen LogP contribution < -0.4 is 4.74 Å². The molecular formula is C26H25F3N4O3. The van der Waals surface area contributed by atoms with Crippen molar-refractivity contribution in [2.24, 2.45) is 11.8 Å². The molecule has 7 nitrogen and oxygen atoms in total. The number of hydrogen-bond donors (Lipinski definition) is 0. The van der Waals surface area contributed by atoms with E-state index in [-0.39, 0.29) is 36.0 Å². The number of nitrogens with zero attached hydrogens (tertiary/aromatic N) is 4. The fraction of sp³-hybridized carbons (Fsp3) is 0.385. The van der Waals surface area contributed by atoms with E-state index in [0.717, 1.165) is 17.8 Å². The minimum absolute atomic E-state index is 0.0633. The minimum Gasteiger partial charge on any atom is -0.475 e. The first-order valence-corrected chi connectivity index (χ1v) is 11.7. The van der Waals surface area contributed by atoms with Gasteiger partial charge in [0, 0.05) is 36.8 Å². The second-order valence-electron chi connectivity index (χ2n) is 9.16. The van der Waals surface area contributed by atoms with Crippen molar-refractivity contribution in [3.63, 3.8) is 0 Å². The van der Waals surface area contributed by atoms with Gasteiger partial charge in [-0.05, 0) is 37.5 Å². The Labute approximate surface area is 206 Å². The molecular weight excluding hydrogens is 473 g/mol. The Morgan fingerprint density at radius 2 is 2.00 bits per heavy atom. The summed E-state index contributed by atoms with van der Waals surface area (Å²) in [5, 5.41) is 0. The van der Waals surface area contributed by atoms with Crippen LogP contribution in [0.15, 0.2) is 53.2 Å². The van der Waals surface area contributed by atoms with E-state index in [0.29, 0.717) is 48.2 Å². The molecule has 4 heterocycles. The zero-order valence-corrected chi connectivity index (χ0v) is 19.9. The number of halogens is 3. The SMILES string of the molecule is C=C1C2CC(COc3ccc(C(F)(F)F)cn3)N(C(=O)c3nc(C)ccc3-c3ncc(CC)o3)CC12. The summed E-state index contributed by atoms with van der Waals surface area (Å²) in [6.45, 7) is 8.43. The van der Waals surface area contributed by atoms with E-state index in [1.54, 1.807) is 30.2 Å². The fourth-order valence-electron chi connectivity index (χ4n) is 4.63. The number of likely N-dealkylation sites (tertiary alicyclic amines) is 1. The summed E-state index contributed by atoms with van der Waals surface area (Å²) >= 11 is 0. The molecule has 10 heteroatoms. The third-order valence-corrected chi connectivity index (χ3v) is 6.81. The number of carbonyl (C=O) groups is 1. The van der Waals surface area contributed by atoms with Crippen LogP contribution in [-0.2, 0) is 12.6 Å². The van der Waals surface area contributed by atoms with Crippen molar-refractivity contribution in [3.05, 3.63) is 71.5 Å². The van der Waals surface area contributed by atoms with Gasteiger partial charge < -0.3 is 14.1 Å². The summed E-state index contributed by atoms with van der Waals surface area (Å²) in [6, 6.07) is 5.36. The number of hydrogen-bond acceptors (Lipinski definition) is 6. The number of alkyl halides is 3. The van der Waals surface area contributed by atoms with E-state index in [1.807, 2.05) is 6.92 Å². The molecule has 1 amide bonds. The number of amides is 1. The maximum absolute atomic E-state index is 13.8. The van der Waals surface area contributed by atoms with E-state index in [4.69, 9.17) is 9.15 Å². The Kier molecular flexibility index (Phi) is 6.05. The third-order valence-electron chi connectivity index (χ3n) is 6.81. The van der Waals surface area contributed by atoms with E-state index in [9.17, 15) is 18.0 Å². The minimum atomic E-state index is -4.47. The van der Waals surface area contributed by atoms with Crippen LogP contribution in [0.5, 0.6) is 5.88 Å². The average molecular weight is 499 g/mol. The predicted octanol–water partition coefficient (Wildman–Crippen LogP) is 5.12. The Bertz CT molecular complexity index is 1300. The highest BCUT2D eigenvalue weighted by atomic mass is 19.4. The number of carbonyl (C=O) groups excluding carboxylic acids is 1. The number of fused-ring (bicyclic) bond motifs is 1. The highest BCUT2D eigenvalue weighted by molar-refractivity contribution is 5.98. The lowest BCUT2D eigenvalue weighted by atomic mass is 10.0. The molecule has 5 rings (SSSR count). The van der Waals surface area contributed by atoms with Crippen LogP contribution in [0.2, 0.25) is 0 Å². The van der Waals surface area contributed by atoms with Crippen molar-refractivity contribution in [1.82, 2.24) is 19.9 Å². The van der Waals surface area contributed by atoms with Gasteiger partial charge in [-0.2, -0.15) is 13.2 Å². The van der Waals surface area contributed by atoms with Crippen molar-refractivity contribution >= 4 is 5.91 Å². The number of aromatic nitrogens is 3. The number of pyridine rings is 2. The molecule has 3 atom stereocenters. The predicted molar refractivity (Wildman–Crippen MR) is 124 cm³/mol. The molecule has 0 radical (unpaired) electrons. The Hall–Kier alpha value is -3.69. The zero-order valence-electron chi connectivity index (χ0n) is 19.9. The molecule has 2 fully saturated rings. The van der Waals surface area contributed by atoms with Gasteiger partial charge in [0.25, 0.3) is 5.91 Å². The summed E-state index contributed by atoms with van der Waals surface area (Å²) < 4.78 is 50.0. The molecule has 0 spiro atoms. The normalized spacial score (nSPS) is 21.3. The quantitative estimate of drug-likeness (QED) is 0.439. The molecule has 3 aromatic rings. The molecule has 0 N–H and O–H groups in total. The maximum atomic E-state index is 13.8. The first kappa shape index (κ1) is 24.0. The summed E-state index contributed by atoms with van der Waals surface area (Å²) in [7, 11) is 0. The van der Waals surface area contributed by atoms with Crippen LogP contribution in [0.3, 0.4) is 0 Å². The van der Waals surface area contributed by atoms with Crippen LogP contribution in [0.25, 0.3) is 11.5 Å². The molecule has 188 valence electrons. The van der Waals surface area contributed by atoms with Crippen LogP contribution in [0, 0.1) is 18.8 Å². The van der Waals surface area contributed by atoms with Crippen molar-refractivity contribution < 1.29 is 27.1 Å². The van der Waals surface area contributed by atoms with Gasteiger partial charge >= 0.3 is 6.18 Å². The molecule has 36 heavy (non-hydrogen) atoms. The van der Waals surface area contributed by atoms with Crippen LogP contribution in [-0.4, -0.2) is 45.0 Å². The fourth-order valence-corrected chi connectivity index (χ4v) is 4.63. The van der Waals surface area contributed by atoms with Crippen LogP contribution in [0.1, 0.15) is 40.9 Å². The largest absolute Gasteiger partial charge is 0.475 e. The van der Waals surface area contributed by atoms with Crippen LogP contribution in [0.4, 0.5) is 13.2 Å². The van der Waals surface area contributed by atoms with Crippen molar-refractivity contribution in [2.45, 2.75) is 38.9 Å². The average Bonchev–Trinajstić information content (AvgIpc) is 3.25. The maximum Gasteiger partial charge on any atom is 0.417 e. The molecule has 0 bridgehead atoms. The van der Waals surface area contributed by atoms with Crippen molar-refractivity contribution in [1.29, 1.82) is 0 Å². The third kappa shape index (κ3) is 4.59. The van der Waals surface area contributed by atoms with Crippen molar-refractivity contribution in [2.75, 3.05) is 13.2 Å². The summed E-state index contributed by atoms with van der Waals surface area (Å²) in [6.07, 6.45) is -0.780. The second kappa shape index (κ2) is 9.07. The summed E-state index contributed by atoms with van der Waals surface area (Å²) in [5.41, 5.74) is 1.67. The lowest BCUT2D eigenvalue weighted by Crippen LogP contribution is -2.48. The van der Waals surface area contributed by atoms with Gasteiger partial charge in [0.15, 0.2) is 0 Å². The Balaban J connectivity index is 1.39. The van der Waals surface area contributed by atoms with Gasteiger partial charge in [-0.15, -0.1) is 0 Å². The number of aryl methyl sites for hydroxylation is 2. The number of rotatable bonds is 6. The molecule has 1 aliphatic heterocycles. The lowest BCUT2D eigenvalue weighted by Gasteiger charge is -2.35. The topological polar surface area (TPSA) is 81.4 Å². The van der Waals surface area contributed by atoms with Crippen LogP contribution >= 0.6 is 0 Å². The van der Waals surface area contributed by atoms with E-state index in [1.165, 1.54) is 6.07 Å². The van der Waals surface area contributed by atoms with E-state index < -0.39 is 11.7 Å². The molecule has 1 saturated heterocycles. The van der Waals surface area contributed by atoms with Gasteiger partial charge in [-0.3, -0.25) is 4.79 Å². The number of piperidine rings is 1. The Morgan fingerprint density at radius 1 is 1.19 bits per heavy atom. The summed E-state index contributed by atoms with van der Waals surface area (Å²) in [5.74, 6) is 1.33. The van der Waals surface area contributed by atoms with Gasteiger partial charge in [0.2, 0.25) is 11.8 Å². The summed E-state index contributed by atoms with van der Waals surface area (Å²) in [4.78, 5) is 28.2. The van der Waals surface area contributed by atoms with Gasteiger partial charge in [0.1, 0.15) is 18.1 Å². The monoisotopic (exact) mass is 498 g/mol. The van der Waals surface area contributed by atoms with Gasteiger partial charge in [0.05, 0.1) is 23.4 Å². The molecule has 2 aliphatic rings. The number of oxazole rings is 1. The van der Waals surface area contributed by atoms with E-state index in [2.05, 4.69) is 21.5 Å². The van der Waals surface area contributed by atoms with E-state index >= 15 is 0 Å². The van der Waals surface area contributed by atoms with Gasteiger partial charge in [-0.25, -0.2) is 15.0 Å². The first-order valence-electron chi connectivity index (χ1n) is 11.7. The zero-order chi connectivity index (χ0) is 25.6. The second-order valence-corrected chi connectivity index (χ2v) is 9.16. The van der Waals surface area contributed by atoms with Gasteiger partial charge in [-0.1, -0.05) is 19.1 Å². The Morgan fingerprint density at radius 3 is 2.67 bits per heavy atom. The lowest BCUT2D eigenvalue weighted by molar-refractivity contribution is -0.137. The standard InChI is InChI=1S/C26H25F3N4O3/c1-4-18-11-31-24(36-18)19-7-5-14(2)32-23(19)25(34)33-12-21-15(3)20(21)9-17(33)13-35-22-8-6-16(10-30-22)26(27,28)29/h5-8,10-11,17,20-21H,3-4,9,12-13H2,1-2H3. The molecule has 1 aliphatic carbocycles.